The Morgan fingerprint density at radius 3 is 2.72 bits per heavy atom. The number of anilines is 4. The van der Waals surface area contributed by atoms with Crippen LogP contribution in [0.15, 0.2) is 24.5 Å². The molecule has 1 amide bonds. The highest BCUT2D eigenvalue weighted by Crippen LogP contribution is 2.34. The number of fused-ring (bicyclic) bond motifs is 1. The van der Waals surface area contributed by atoms with Gasteiger partial charge >= 0.3 is 0 Å². The summed E-state index contributed by atoms with van der Waals surface area (Å²) in [6.07, 6.45) is 1.35. The first-order valence-electron chi connectivity index (χ1n) is 10.1. The van der Waals surface area contributed by atoms with Crippen LogP contribution in [0.3, 0.4) is 0 Å². The fraction of sp³-hybridized carbons (Fsp3) is 0.381. The number of aromatic nitrogens is 4. The average molecular weight is 460 g/mol. The smallest absolute Gasteiger partial charge is 0.267 e. The normalized spacial score (nSPS) is 13.1. The third-order valence-corrected chi connectivity index (χ3v) is 6.03. The van der Waals surface area contributed by atoms with E-state index in [0.717, 1.165) is 30.2 Å². The second kappa shape index (κ2) is 8.73. The number of pyridine rings is 2. The van der Waals surface area contributed by atoms with Crippen LogP contribution < -0.4 is 15.1 Å². The van der Waals surface area contributed by atoms with Crippen LogP contribution in [0.1, 0.15) is 38.3 Å². The summed E-state index contributed by atoms with van der Waals surface area (Å²) in [5, 5.41) is 3.16. The maximum absolute atomic E-state index is 13.6. The van der Waals surface area contributed by atoms with Gasteiger partial charge in [0.25, 0.3) is 6.43 Å². The van der Waals surface area contributed by atoms with Gasteiger partial charge in [-0.3, -0.25) is 9.78 Å². The highest BCUT2D eigenvalue weighted by atomic mass is 32.1. The van der Waals surface area contributed by atoms with Gasteiger partial charge in [0.05, 0.1) is 29.3 Å². The van der Waals surface area contributed by atoms with E-state index < -0.39 is 6.43 Å². The predicted octanol–water partition coefficient (Wildman–Crippen LogP) is 4.43. The van der Waals surface area contributed by atoms with Crippen molar-refractivity contribution < 1.29 is 13.6 Å². The maximum Gasteiger partial charge on any atom is 0.267 e. The molecule has 0 saturated heterocycles. The van der Waals surface area contributed by atoms with Crippen LogP contribution in [-0.2, 0) is 11.2 Å². The number of hydrogen-bond acceptors (Lipinski definition) is 8. The van der Waals surface area contributed by atoms with E-state index in [-0.39, 0.29) is 23.0 Å². The molecule has 1 N–H and O–H groups in total. The molecule has 0 atom stereocenters. The number of carbonyl (C=O) groups is 1. The summed E-state index contributed by atoms with van der Waals surface area (Å²) in [4.78, 5) is 28.1. The van der Waals surface area contributed by atoms with Gasteiger partial charge in [0.2, 0.25) is 11.0 Å². The van der Waals surface area contributed by atoms with Crippen molar-refractivity contribution in [1.82, 2.24) is 19.3 Å². The highest BCUT2D eigenvalue weighted by molar-refractivity contribution is 7.09. The Morgan fingerprint density at radius 2 is 2.03 bits per heavy atom. The zero-order valence-electron chi connectivity index (χ0n) is 18.1. The summed E-state index contributed by atoms with van der Waals surface area (Å²) >= 11 is 1.04. The van der Waals surface area contributed by atoms with Gasteiger partial charge in [-0.05, 0) is 38.0 Å². The van der Waals surface area contributed by atoms with E-state index in [1.54, 1.807) is 0 Å². The molecule has 1 aliphatic rings. The Morgan fingerprint density at radius 1 is 1.25 bits per heavy atom. The van der Waals surface area contributed by atoms with Crippen molar-refractivity contribution in [2.75, 3.05) is 28.7 Å². The van der Waals surface area contributed by atoms with Crippen molar-refractivity contribution >= 4 is 39.8 Å². The van der Waals surface area contributed by atoms with Gasteiger partial charge in [-0.15, -0.1) is 0 Å². The molecule has 3 aromatic heterocycles. The topological polar surface area (TPSA) is 87.1 Å². The average Bonchev–Trinajstić information content (AvgIpc) is 3.39. The van der Waals surface area contributed by atoms with Crippen molar-refractivity contribution in [3.8, 4) is 11.5 Å². The molecule has 4 rings (SSSR count). The van der Waals surface area contributed by atoms with Crippen LogP contribution in [0.5, 0.6) is 0 Å². The minimum Gasteiger partial charge on any atom is -0.367 e. The van der Waals surface area contributed by atoms with E-state index in [9.17, 15) is 13.6 Å². The summed E-state index contributed by atoms with van der Waals surface area (Å²) in [5.74, 6) is 0.118. The molecule has 0 saturated carbocycles. The number of carbonyl (C=O) groups excluding carboxylic acids is 1. The van der Waals surface area contributed by atoms with E-state index >= 15 is 0 Å². The maximum atomic E-state index is 13.6. The quantitative estimate of drug-likeness (QED) is 0.583. The first-order chi connectivity index (χ1) is 15.2. The first-order valence-corrected chi connectivity index (χ1v) is 10.9. The molecule has 3 aromatic rings. The molecule has 0 bridgehead atoms. The van der Waals surface area contributed by atoms with Gasteiger partial charge in [-0.25, -0.2) is 13.8 Å². The standard InChI is InChI=1S/C21H23F2N7OS/c1-11(2)30-6-5-13-7-16(24-10-17(13)30)20-27-21(32-28-20)26-19-15(18(22)23)8-14(9-25-19)29(4)12(3)31/h7-11,18H,5-6H2,1-4H3,(H,25,26,27,28). The summed E-state index contributed by atoms with van der Waals surface area (Å²) in [6, 6.07) is 3.63. The van der Waals surface area contributed by atoms with Crippen LogP contribution in [0, 0.1) is 0 Å². The van der Waals surface area contributed by atoms with E-state index in [4.69, 9.17) is 0 Å². The third-order valence-electron chi connectivity index (χ3n) is 5.40. The number of rotatable bonds is 6. The Kier molecular flexibility index (Phi) is 6.00. The number of hydrogen-bond donors (Lipinski definition) is 1. The lowest BCUT2D eigenvalue weighted by molar-refractivity contribution is -0.116. The zero-order chi connectivity index (χ0) is 23.0. The third kappa shape index (κ3) is 4.24. The molecule has 32 heavy (non-hydrogen) atoms. The number of alkyl halides is 2. The fourth-order valence-electron chi connectivity index (χ4n) is 3.55. The SMILES string of the molecule is CC(=O)N(C)c1cnc(Nc2nc(-c3cc4c(cn3)N(C(C)C)CC4)ns2)c(C(F)F)c1. The lowest BCUT2D eigenvalue weighted by Crippen LogP contribution is -2.28. The van der Waals surface area contributed by atoms with Crippen LogP contribution >= 0.6 is 11.5 Å². The molecule has 0 spiro atoms. The minimum atomic E-state index is -2.78. The summed E-state index contributed by atoms with van der Waals surface area (Å²) < 4.78 is 31.6. The van der Waals surface area contributed by atoms with Crippen molar-refractivity contribution in [2.45, 2.75) is 39.7 Å². The largest absolute Gasteiger partial charge is 0.367 e. The van der Waals surface area contributed by atoms with E-state index in [0.29, 0.717) is 22.7 Å². The van der Waals surface area contributed by atoms with Crippen molar-refractivity contribution in [3.63, 3.8) is 0 Å². The molecule has 8 nitrogen and oxygen atoms in total. The van der Waals surface area contributed by atoms with Crippen LogP contribution in [0.4, 0.5) is 31.1 Å². The molecular weight excluding hydrogens is 436 g/mol. The van der Waals surface area contributed by atoms with Gasteiger partial charge < -0.3 is 15.1 Å². The van der Waals surface area contributed by atoms with Crippen molar-refractivity contribution in [3.05, 3.63) is 35.7 Å². The van der Waals surface area contributed by atoms with E-state index in [2.05, 4.69) is 43.4 Å². The van der Waals surface area contributed by atoms with Crippen molar-refractivity contribution in [2.24, 2.45) is 0 Å². The van der Waals surface area contributed by atoms with Crippen molar-refractivity contribution in [1.29, 1.82) is 0 Å². The lowest BCUT2D eigenvalue weighted by atomic mass is 10.2. The molecular formula is C21H23F2N7OS. The zero-order valence-corrected chi connectivity index (χ0v) is 19.0. The number of nitrogens with zero attached hydrogens (tertiary/aromatic N) is 6. The number of nitrogens with one attached hydrogen (secondary N) is 1. The number of halogens is 2. The van der Waals surface area contributed by atoms with Gasteiger partial charge in [0.15, 0.2) is 5.82 Å². The van der Waals surface area contributed by atoms with Crippen LogP contribution in [-0.4, -0.2) is 44.9 Å². The van der Waals surface area contributed by atoms with Gasteiger partial charge in [-0.2, -0.15) is 9.36 Å². The van der Waals surface area contributed by atoms with Gasteiger partial charge in [0.1, 0.15) is 11.5 Å². The lowest BCUT2D eigenvalue weighted by Gasteiger charge is -2.23. The predicted molar refractivity (Wildman–Crippen MR) is 121 cm³/mol. The Balaban J connectivity index is 1.57. The molecule has 168 valence electrons. The molecule has 0 radical (unpaired) electrons. The van der Waals surface area contributed by atoms with Gasteiger partial charge in [-0.1, -0.05) is 0 Å². The summed E-state index contributed by atoms with van der Waals surface area (Å²) in [7, 11) is 1.50. The van der Waals surface area contributed by atoms with E-state index in [1.165, 1.54) is 36.7 Å². The molecule has 0 fully saturated rings. The Bertz CT molecular complexity index is 1150. The molecule has 0 aromatic carbocycles. The summed E-state index contributed by atoms with van der Waals surface area (Å²) in [5.41, 5.74) is 2.92. The Labute approximate surface area is 188 Å². The molecule has 11 heteroatoms. The van der Waals surface area contributed by atoms with E-state index in [1.807, 2.05) is 12.3 Å². The van der Waals surface area contributed by atoms with Gasteiger partial charge in [0, 0.05) is 38.1 Å². The second-order valence-electron chi connectivity index (χ2n) is 7.79. The highest BCUT2D eigenvalue weighted by Gasteiger charge is 2.23. The monoisotopic (exact) mass is 459 g/mol. The second-order valence-corrected chi connectivity index (χ2v) is 8.55. The van der Waals surface area contributed by atoms with Crippen LogP contribution in [0.25, 0.3) is 11.5 Å². The molecule has 0 aliphatic carbocycles. The first kappa shape index (κ1) is 22.0. The molecule has 1 aliphatic heterocycles. The minimum absolute atomic E-state index is 0.0297. The Hall–Kier alpha value is -3.21. The summed E-state index contributed by atoms with van der Waals surface area (Å²) in [6.45, 7) is 6.60. The molecule has 4 heterocycles. The fourth-order valence-corrected chi connectivity index (χ4v) is 4.13. The number of amides is 1. The molecule has 0 unspecified atom stereocenters. The van der Waals surface area contributed by atoms with Crippen LogP contribution in [0.2, 0.25) is 0 Å².